The van der Waals surface area contributed by atoms with Crippen LogP contribution in [0.4, 0.5) is 5.69 Å². The molecule has 0 amide bonds. The Bertz CT molecular complexity index is 1160. The van der Waals surface area contributed by atoms with Crippen molar-refractivity contribution in [1.82, 2.24) is 19.9 Å². The number of aliphatic hydroxyl groups is 1. The zero-order valence-electron chi connectivity index (χ0n) is 19.0. The third-order valence-corrected chi connectivity index (χ3v) is 5.72. The van der Waals surface area contributed by atoms with E-state index in [0.29, 0.717) is 0 Å². The summed E-state index contributed by atoms with van der Waals surface area (Å²) in [6.45, 7) is 9.92. The number of fused-ring (bicyclic) bond motifs is 1. The zero-order chi connectivity index (χ0) is 22.5. The van der Waals surface area contributed by atoms with Gasteiger partial charge in [-0.3, -0.25) is 0 Å². The SMILES string of the molecule is CC.CC(O)c1cccc(-c2cnn3cc(-c4ccc(N5CCNCC5)cc4)cnc23)c1. The Morgan fingerprint density at radius 2 is 1.69 bits per heavy atom. The fraction of sp³-hybridized carbons (Fsp3) is 0.308. The lowest BCUT2D eigenvalue weighted by atomic mass is 10.0. The van der Waals surface area contributed by atoms with Crippen LogP contribution in [0.2, 0.25) is 0 Å². The molecule has 6 heteroatoms. The lowest BCUT2D eigenvalue weighted by Crippen LogP contribution is -2.43. The molecule has 3 heterocycles. The lowest BCUT2D eigenvalue weighted by molar-refractivity contribution is 0.199. The number of anilines is 1. The Balaban J connectivity index is 0.00000119. The highest BCUT2D eigenvalue weighted by atomic mass is 16.3. The highest BCUT2D eigenvalue weighted by Gasteiger charge is 2.13. The van der Waals surface area contributed by atoms with Crippen LogP contribution in [-0.4, -0.2) is 45.9 Å². The van der Waals surface area contributed by atoms with Crippen molar-refractivity contribution in [2.75, 3.05) is 31.1 Å². The first-order valence-corrected chi connectivity index (χ1v) is 11.4. The maximum atomic E-state index is 9.88. The number of rotatable bonds is 4. The number of benzene rings is 2. The summed E-state index contributed by atoms with van der Waals surface area (Å²) in [5, 5.41) is 17.8. The molecule has 2 aromatic carbocycles. The van der Waals surface area contributed by atoms with Crippen LogP contribution >= 0.6 is 0 Å². The van der Waals surface area contributed by atoms with Crippen LogP contribution in [-0.2, 0) is 0 Å². The predicted octanol–water partition coefficient (Wildman–Crippen LogP) is 4.55. The molecule has 1 fully saturated rings. The van der Waals surface area contributed by atoms with Gasteiger partial charge in [0.05, 0.1) is 12.3 Å². The summed E-state index contributed by atoms with van der Waals surface area (Å²) in [6, 6.07) is 16.6. The molecule has 1 saturated heterocycles. The van der Waals surface area contributed by atoms with E-state index in [0.717, 1.165) is 59.6 Å². The summed E-state index contributed by atoms with van der Waals surface area (Å²) in [4.78, 5) is 7.11. The van der Waals surface area contributed by atoms with Gasteiger partial charge in [-0.15, -0.1) is 0 Å². The van der Waals surface area contributed by atoms with E-state index in [-0.39, 0.29) is 0 Å². The number of piperazine rings is 1. The molecule has 5 rings (SSSR count). The quantitative estimate of drug-likeness (QED) is 0.498. The number of hydrogen-bond acceptors (Lipinski definition) is 5. The third kappa shape index (κ3) is 4.52. The Labute approximate surface area is 189 Å². The maximum absolute atomic E-state index is 9.88. The van der Waals surface area contributed by atoms with Gasteiger partial charge in [-0.2, -0.15) is 5.10 Å². The first kappa shape index (κ1) is 22.0. The summed E-state index contributed by atoms with van der Waals surface area (Å²) >= 11 is 0. The minimum Gasteiger partial charge on any atom is -0.389 e. The van der Waals surface area contributed by atoms with E-state index in [9.17, 15) is 5.11 Å². The van der Waals surface area contributed by atoms with E-state index in [1.54, 1.807) is 6.92 Å². The highest BCUT2D eigenvalue weighted by Crippen LogP contribution is 2.28. The molecule has 1 atom stereocenters. The molecular formula is C26H31N5O. The molecule has 1 aliphatic heterocycles. The van der Waals surface area contributed by atoms with Gasteiger partial charge in [-0.25, -0.2) is 9.50 Å². The normalized spacial score (nSPS) is 14.7. The topological polar surface area (TPSA) is 65.7 Å². The Hall–Kier alpha value is -3.22. The summed E-state index contributed by atoms with van der Waals surface area (Å²) < 4.78 is 1.82. The zero-order valence-corrected chi connectivity index (χ0v) is 19.0. The van der Waals surface area contributed by atoms with Gasteiger partial charge in [0.1, 0.15) is 0 Å². The molecule has 32 heavy (non-hydrogen) atoms. The van der Waals surface area contributed by atoms with Crippen LogP contribution in [0.15, 0.2) is 67.1 Å². The maximum Gasteiger partial charge on any atom is 0.162 e. The number of aliphatic hydroxyl groups excluding tert-OH is 1. The van der Waals surface area contributed by atoms with Crippen LogP contribution in [0.5, 0.6) is 0 Å². The van der Waals surface area contributed by atoms with Crippen LogP contribution in [0.3, 0.4) is 0 Å². The summed E-state index contributed by atoms with van der Waals surface area (Å²) in [5.74, 6) is 0. The highest BCUT2D eigenvalue weighted by molar-refractivity contribution is 5.78. The van der Waals surface area contributed by atoms with Gasteiger partial charge in [-0.05, 0) is 41.8 Å². The van der Waals surface area contributed by atoms with E-state index in [2.05, 4.69) is 39.6 Å². The van der Waals surface area contributed by atoms with Gasteiger partial charge < -0.3 is 15.3 Å². The first-order valence-electron chi connectivity index (χ1n) is 11.4. The molecular weight excluding hydrogens is 398 g/mol. The minimum atomic E-state index is -0.504. The standard InChI is InChI=1S/C24H25N5O.C2H6/c1-17(30)19-3-2-4-20(13-19)23-15-27-29-16-21(14-26-24(23)29)18-5-7-22(8-6-18)28-11-9-25-10-12-28;1-2/h2-8,13-17,25,30H,9-12H2,1H3;1-2H3. The fourth-order valence-corrected chi connectivity index (χ4v) is 3.98. The van der Waals surface area contributed by atoms with E-state index in [1.165, 1.54) is 5.69 Å². The molecule has 0 saturated carbocycles. The summed E-state index contributed by atoms with van der Waals surface area (Å²) in [7, 11) is 0. The molecule has 2 aromatic heterocycles. The molecule has 166 valence electrons. The Kier molecular flexibility index (Phi) is 6.83. The predicted molar refractivity (Wildman–Crippen MR) is 131 cm³/mol. The lowest BCUT2D eigenvalue weighted by Gasteiger charge is -2.29. The molecule has 0 aliphatic carbocycles. The second kappa shape index (κ2) is 9.94. The van der Waals surface area contributed by atoms with E-state index >= 15 is 0 Å². The molecule has 4 aromatic rings. The Morgan fingerprint density at radius 3 is 2.41 bits per heavy atom. The fourth-order valence-electron chi connectivity index (χ4n) is 3.98. The van der Waals surface area contributed by atoms with Crippen molar-refractivity contribution in [3.05, 3.63) is 72.7 Å². The second-order valence-electron chi connectivity index (χ2n) is 7.75. The van der Waals surface area contributed by atoms with Gasteiger partial charge >= 0.3 is 0 Å². The number of nitrogens with one attached hydrogen (secondary N) is 1. The van der Waals surface area contributed by atoms with E-state index in [4.69, 9.17) is 4.98 Å². The third-order valence-electron chi connectivity index (χ3n) is 5.72. The molecule has 0 radical (unpaired) electrons. The second-order valence-corrected chi connectivity index (χ2v) is 7.75. The van der Waals surface area contributed by atoms with Gasteiger partial charge in [0, 0.05) is 55.4 Å². The molecule has 6 nitrogen and oxygen atoms in total. The number of nitrogens with zero attached hydrogens (tertiary/aromatic N) is 4. The van der Waals surface area contributed by atoms with Crippen molar-refractivity contribution in [2.24, 2.45) is 0 Å². The van der Waals surface area contributed by atoms with Gasteiger partial charge in [-0.1, -0.05) is 44.2 Å². The minimum absolute atomic E-state index is 0.504. The van der Waals surface area contributed by atoms with Gasteiger partial charge in [0.25, 0.3) is 0 Å². The Morgan fingerprint density at radius 1 is 0.938 bits per heavy atom. The van der Waals surface area contributed by atoms with Crippen molar-refractivity contribution in [3.8, 4) is 22.3 Å². The number of hydrogen-bond donors (Lipinski definition) is 2. The van der Waals surface area contributed by atoms with Crippen LogP contribution in [0.25, 0.3) is 27.9 Å². The van der Waals surface area contributed by atoms with Crippen molar-refractivity contribution >= 4 is 11.3 Å². The van der Waals surface area contributed by atoms with Crippen LogP contribution in [0, 0.1) is 0 Å². The largest absolute Gasteiger partial charge is 0.389 e. The molecule has 1 unspecified atom stereocenters. The molecule has 0 bridgehead atoms. The van der Waals surface area contributed by atoms with Crippen LogP contribution in [0.1, 0.15) is 32.4 Å². The van der Waals surface area contributed by atoms with Crippen molar-refractivity contribution in [2.45, 2.75) is 26.9 Å². The summed E-state index contributed by atoms with van der Waals surface area (Å²) in [5.41, 5.74) is 7.06. The smallest absolute Gasteiger partial charge is 0.162 e. The monoisotopic (exact) mass is 429 g/mol. The molecule has 1 aliphatic rings. The van der Waals surface area contributed by atoms with Crippen LogP contribution < -0.4 is 10.2 Å². The average Bonchev–Trinajstić information content (AvgIpc) is 3.29. The van der Waals surface area contributed by atoms with Gasteiger partial charge in [0.2, 0.25) is 0 Å². The summed E-state index contributed by atoms with van der Waals surface area (Å²) in [6.07, 6.45) is 5.25. The first-order chi connectivity index (χ1) is 15.7. The average molecular weight is 430 g/mol. The van der Waals surface area contributed by atoms with Gasteiger partial charge in [0.15, 0.2) is 5.65 Å². The van der Waals surface area contributed by atoms with E-state index < -0.39 is 6.10 Å². The number of aromatic nitrogens is 3. The molecule has 0 spiro atoms. The molecule has 2 N–H and O–H groups in total. The van der Waals surface area contributed by atoms with Crippen molar-refractivity contribution in [1.29, 1.82) is 0 Å². The van der Waals surface area contributed by atoms with Crippen molar-refractivity contribution < 1.29 is 5.11 Å². The van der Waals surface area contributed by atoms with E-state index in [1.807, 2.05) is 61.2 Å². The van der Waals surface area contributed by atoms with Crippen molar-refractivity contribution in [3.63, 3.8) is 0 Å².